The van der Waals surface area contributed by atoms with E-state index in [0.29, 0.717) is 29.1 Å². The van der Waals surface area contributed by atoms with Crippen molar-refractivity contribution in [2.24, 2.45) is 0 Å². The van der Waals surface area contributed by atoms with Gasteiger partial charge in [0.2, 0.25) is 0 Å². The maximum atomic E-state index is 13.3. The molecule has 4 nitrogen and oxygen atoms in total. The minimum atomic E-state index is -4.95. The van der Waals surface area contributed by atoms with Crippen molar-refractivity contribution in [3.8, 4) is 11.3 Å². The maximum absolute atomic E-state index is 13.3. The molecule has 0 bridgehead atoms. The molecule has 0 saturated carbocycles. The van der Waals surface area contributed by atoms with Gasteiger partial charge in [-0.3, -0.25) is 0 Å². The molecule has 1 heterocycles. The summed E-state index contributed by atoms with van der Waals surface area (Å²) < 4.78 is 81.2. The first-order valence-electron chi connectivity index (χ1n) is 10.6. The average Bonchev–Trinajstić information content (AvgIpc) is 3.23. The number of benzene rings is 3. The van der Waals surface area contributed by atoms with Gasteiger partial charge in [-0.2, -0.15) is 26.3 Å². The number of nitrogens with zero attached hydrogens (tertiary/aromatic N) is 3. The van der Waals surface area contributed by atoms with Gasteiger partial charge in [-0.15, -0.1) is 5.10 Å². The molecule has 4 rings (SSSR count). The molecular weight excluding hydrogens is 502 g/mol. The first-order valence-corrected chi connectivity index (χ1v) is 11.0. The number of hydrogen-bond acceptors (Lipinski definition) is 3. The van der Waals surface area contributed by atoms with Gasteiger partial charge in [0.05, 0.1) is 23.4 Å². The van der Waals surface area contributed by atoms with Gasteiger partial charge in [0, 0.05) is 11.3 Å². The number of alkyl halides is 6. The summed E-state index contributed by atoms with van der Waals surface area (Å²) in [6, 6.07) is 17.5. The molecule has 4 aromatic rings. The van der Waals surface area contributed by atoms with E-state index in [0.717, 1.165) is 5.56 Å². The molecule has 0 amide bonds. The number of rotatable bonds is 5. The molecule has 0 unspecified atom stereocenters. The van der Waals surface area contributed by atoms with Crippen molar-refractivity contribution in [3.63, 3.8) is 0 Å². The highest BCUT2D eigenvalue weighted by molar-refractivity contribution is 7.81. The summed E-state index contributed by atoms with van der Waals surface area (Å²) in [5.41, 5.74) is -0.118. The van der Waals surface area contributed by atoms with E-state index >= 15 is 0 Å². The van der Waals surface area contributed by atoms with Gasteiger partial charge in [-0.05, 0) is 42.8 Å². The summed E-state index contributed by atoms with van der Waals surface area (Å²) in [7, 11) is 0. The zero-order valence-corrected chi connectivity index (χ0v) is 19.5. The Morgan fingerprint density at radius 1 is 0.861 bits per heavy atom. The summed E-state index contributed by atoms with van der Waals surface area (Å²) in [5.74, 6) is 0. The molecule has 0 spiro atoms. The number of anilines is 1. The van der Waals surface area contributed by atoms with E-state index in [1.54, 1.807) is 30.3 Å². The minimum Gasteiger partial charge on any atom is -0.345 e. The average molecular weight is 521 g/mol. The Morgan fingerprint density at radius 2 is 1.44 bits per heavy atom. The minimum absolute atomic E-state index is 0.0923. The molecular formula is C25H18F6N4S. The molecule has 186 valence electrons. The van der Waals surface area contributed by atoms with Crippen molar-refractivity contribution in [3.05, 3.63) is 101 Å². The molecule has 11 heteroatoms. The standard InChI is InChI=1S/C25H18F6N4S/c1-15-7-9-20(10-8-15)32-23(36)21-22(17-5-3-2-4-6-17)35(34-33-21)14-16-11-18(24(26,27)28)13-19(12-16)25(29,30)31/h2-13H,14H2,1H3,(H,32,36). The van der Waals surface area contributed by atoms with E-state index in [-0.39, 0.29) is 22.3 Å². The van der Waals surface area contributed by atoms with Crippen molar-refractivity contribution in [1.29, 1.82) is 0 Å². The van der Waals surface area contributed by atoms with Crippen molar-refractivity contribution in [1.82, 2.24) is 15.0 Å². The summed E-state index contributed by atoms with van der Waals surface area (Å²) in [5, 5.41) is 11.2. The van der Waals surface area contributed by atoms with Gasteiger partial charge in [-0.1, -0.05) is 65.5 Å². The zero-order chi connectivity index (χ0) is 26.1. The van der Waals surface area contributed by atoms with Crippen LogP contribution in [0, 0.1) is 6.92 Å². The molecule has 0 aliphatic carbocycles. The van der Waals surface area contributed by atoms with Gasteiger partial charge in [0.15, 0.2) is 0 Å². The molecule has 0 aliphatic heterocycles. The first-order chi connectivity index (χ1) is 16.9. The van der Waals surface area contributed by atoms with Crippen LogP contribution in [-0.2, 0) is 18.9 Å². The molecule has 0 saturated heterocycles. The fourth-order valence-electron chi connectivity index (χ4n) is 3.57. The Hall–Kier alpha value is -3.73. The molecule has 0 radical (unpaired) electrons. The molecule has 36 heavy (non-hydrogen) atoms. The van der Waals surface area contributed by atoms with Crippen LogP contribution in [0.5, 0.6) is 0 Å². The van der Waals surface area contributed by atoms with Gasteiger partial charge >= 0.3 is 12.4 Å². The lowest BCUT2D eigenvalue weighted by molar-refractivity contribution is -0.143. The summed E-state index contributed by atoms with van der Waals surface area (Å²) in [6.07, 6.45) is -9.91. The van der Waals surface area contributed by atoms with Crippen LogP contribution in [0.25, 0.3) is 11.3 Å². The third kappa shape index (κ3) is 5.73. The van der Waals surface area contributed by atoms with Crippen LogP contribution < -0.4 is 5.32 Å². The second-order valence-electron chi connectivity index (χ2n) is 8.04. The zero-order valence-electron chi connectivity index (χ0n) is 18.7. The second kappa shape index (κ2) is 9.73. The topological polar surface area (TPSA) is 42.7 Å². The Morgan fingerprint density at radius 3 is 2.00 bits per heavy atom. The van der Waals surface area contributed by atoms with E-state index in [9.17, 15) is 26.3 Å². The predicted molar refractivity (Wildman–Crippen MR) is 128 cm³/mol. The number of aryl methyl sites for hydroxylation is 1. The number of nitrogens with one attached hydrogen (secondary N) is 1. The SMILES string of the molecule is Cc1ccc(NC(=S)c2nnn(Cc3cc(C(F)(F)F)cc(C(F)(F)F)c3)c2-c2ccccc2)cc1. The lowest BCUT2D eigenvalue weighted by Gasteiger charge is -2.15. The Kier molecular flexibility index (Phi) is 6.85. The molecule has 3 aromatic carbocycles. The lowest BCUT2D eigenvalue weighted by Crippen LogP contribution is -2.14. The van der Waals surface area contributed by atoms with E-state index in [1.165, 1.54) is 4.68 Å². The van der Waals surface area contributed by atoms with Gasteiger partial charge in [0.25, 0.3) is 0 Å². The molecule has 1 N–H and O–H groups in total. The van der Waals surface area contributed by atoms with E-state index in [1.807, 2.05) is 31.2 Å². The molecule has 0 atom stereocenters. The van der Waals surface area contributed by atoms with E-state index in [4.69, 9.17) is 12.2 Å². The Balaban J connectivity index is 1.77. The largest absolute Gasteiger partial charge is 0.416 e. The first kappa shape index (κ1) is 25.4. The number of thiocarbonyl (C=S) groups is 1. The quantitative estimate of drug-likeness (QED) is 0.225. The van der Waals surface area contributed by atoms with Crippen LogP contribution in [0.4, 0.5) is 32.0 Å². The highest BCUT2D eigenvalue weighted by Crippen LogP contribution is 2.37. The van der Waals surface area contributed by atoms with Crippen molar-refractivity contribution >= 4 is 22.9 Å². The monoisotopic (exact) mass is 520 g/mol. The number of hydrogen-bond donors (Lipinski definition) is 1. The summed E-state index contributed by atoms with van der Waals surface area (Å²) in [4.78, 5) is 0.198. The van der Waals surface area contributed by atoms with Crippen molar-refractivity contribution in [2.45, 2.75) is 25.8 Å². The summed E-state index contributed by atoms with van der Waals surface area (Å²) >= 11 is 5.52. The van der Waals surface area contributed by atoms with Crippen LogP contribution in [0.1, 0.15) is 27.9 Å². The highest BCUT2D eigenvalue weighted by atomic mass is 32.1. The van der Waals surface area contributed by atoms with Crippen molar-refractivity contribution < 1.29 is 26.3 Å². The van der Waals surface area contributed by atoms with Gasteiger partial charge in [-0.25, -0.2) is 4.68 Å². The van der Waals surface area contributed by atoms with Gasteiger partial charge < -0.3 is 5.32 Å². The maximum Gasteiger partial charge on any atom is 0.416 e. The third-order valence-electron chi connectivity index (χ3n) is 5.29. The molecule has 0 aliphatic rings. The molecule has 0 fully saturated rings. The van der Waals surface area contributed by atoms with Crippen LogP contribution in [0.15, 0.2) is 72.8 Å². The normalized spacial score (nSPS) is 12.0. The lowest BCUT2D eigenvalue weighted by atomic mass is 10.0. The number of halogens is 6. The third-order valence-corrected chi connectivity index (χ3v) is 5.58. The fraction of sp³-hybridized carbons (Fsp3) is 0.160. The van der Waals surface area contributed by atoms with E-state index < -0.39 is 30.0 Å². The Labute approximate surface area is 207 Å². The van der Waals surface area contributed by atoms with E-state index in [2.05, 4.69) is 15.6 Å². The Bertz CT molecular complexity index is 1340. The predicted octanol–water partition coefficient (Wildman–Crippen LogP) is 7.13. The fourth-order valence-corrected chi connectivity index (χ4v) is 3.82. The molecule has 1 aromatic heterocycles. The number of aromatic nitrogens is 3. The second-order valence-corrected chi connectivity index (χ2v) is 8.45. The van der Waals surface area contributed by atoms with Crippen LogP contribution in [0.2, 0.25) is 0 Å². The van der Waals surface area contributed by atoms with Crippen molar-refractivity contribution in [2.75, 3.05) is 5.32 Å². The van der Waals surface area contributed by atoms with Crippen LogP contribution in [-0.4, -0.2) is 20.0 Å². The van der Waals surface area contributed by atoms with Crippen LogP contribution in [0.3, 0.4) is 0 Å². The van der Waals surface area contributed by atoms with Gasteiger partial charge in [0.1, 0.15) is 10.7 Å². The highest BCUT2D eigenvalue weighted by Gasteiger charge is 2.37. The van der Waals surface area contributed by atoms with Crippen LogP contribution >= 0.6 is 12.2 Å². The summed E-state index contributed by atoms with van der Waals surface area (Å²) in [6.45, 7) is 1.54. The smallest absolute Gasteiger partial charge is 0.345 e.